The second-order valence-corrected chi connectivity index (χ2v) is 10.3. The van der Waals surface area contributed by atoms with E-state index in [1.807, 2.05) is 6.07 Å². The van der Waals surface area contributed by atoms with E-state index < -0.39 is 34.3 Å². The Labute approximate surface area is 213 Å². The van der Waals surface area contributed by atoms with E-state index in [0.29, 0.717) is 49.4 Å². The predicted octanol–water partition coefficient (Wildman–Crippen LogP) is 3.44. The molecule has 1 N–H and O–H groups in total. The molecule has 2 heterocycles. The van der Waals surface area contributed by atoms with Crippen LogP contribution < -0.4 is 28.6 Å². The van der Waals surface area contributed by atoms with Crippen molar-refractivity contribution in [3.8, 4) is 23.0 Å². The van der Waals surface area contributed by atoms with Gasteiger partial charge in [0.05, 0.1) is 16.6 Å². The van der Waals surface area contributed by atoms with Crippen LogP contribution in [0.25, 0.3) is 0 Å². The Morgan fingerprint density at radius 3 is 2.08 bits per heavy atom. The van der Waals surface area contributed by atoms with Crippen molar-refractivity contribution in [2.45, 2.75) is 17.9 Å². The molecule has 0 saturated carbocycles. The molecule has 2 aliphatic heterocycles. The highest BCUT2D eigenvalue weighted by molar-refractivity contribution is 7.92. The first kappa shape index (κ1) is 24.7. The smallest absolute Gasteiger partial charge is 0.264 e. The highest BCUT2D eigenvalue weighted by Gasteiger charge is 2.29. The summed E-state index contributed by atoms with van der Waals surface area (Å²) >= 11 is 0. The van der Waals surface area contributed by atoms with E-state index in [0.717, 1.165) is 22.0 Å². The van der Waals surface area contributed by atoms with Gasteiger partial charge >= 0.3 is 0 Å². The Hall–Kier alpha value is -3.99. The molecule has 0 bridgehead atoms. The molecule has 2 aliphatic rings. The highest BCUT2D eigenvalue weighted by atomic mass is 32.2. The van der Waals surface area contributed by atoms with Gasteiger partial charge in [-0.2, -0.15) is 0 Å². The van der Waals surface area contributed by atoms with E-state index in [-0.39, 0.29) is 10.6 Å². The van der Waals surface area contributed by atoms with Crippen molar-refractivity contribution in [3.63, 3.8) is 0 Å². The monoisotopic (exact) mass is 528 g/mol. The van der Waals surface area contributed by atoms with E-state index in [1.165, 1.54) is 30.3 Å². The van der Waals surface area contributed by atoms with Crippen molar-refractivity contribution in [3.05, 3.63) is 72.0 Å². The largest absolute Gasteiger partial charge is 0.486 e. The molecule has 194 valence electrons. The number of hydrogen-bond donors (Lipinski definition) is 1. The van der Waals surface area contributed by atoms with E-state index >= 15 is 0 Å². The molecule has 0 aromatic heterocycles. The van der Waals surface area contributed by atoms with E-state index in [1.54, 1.807) is 19.1 Å². The minimum absolute atomic E-state index is 0.0891. The molecule has 11 heteroatoms. The fraction of sp³-hybridized carbons (Fsp3) is 0.269. The van der Waals surface area contributed by atoms with Gasteiger partial charge in [-0.25, -0.2) is 12.8 Å². The fourth-order valence-corrected chi connectivity index (χ4v) is 5.50. The lowest BCUT2D eigenvalue weighted by Crippen LogP contribution is -2.41. The molecule has 1 amide bonds. The number of ether oxygens (including phenoxy) is 4. The third-order valence-electron chi connectivity index (χ3n) is 5.95. The molecular formula is C26H25FN2O7S. The molecule has 0 radical (unpaired) electrons. The number of fused-ring (bicyclic) bond motifs is 2. The standard InChI is InChI=1S/C26H25FN2O7S/c1-17(18-2-8-22-24(14-18)35-12-10-33-22)28-26(30)16-29(20-5-3-19(27)4-6-20)37(31,32)21-7-9-23-25(15-21)36-13-11-34-23/h2-9,14-15,17H,10-13,16H2,1H3,(H,28,30)/t17-/m0/s1. The molecular weight excluding hydrogens is 503 g/mol. The zero-order valence-corrected chi connectivity index (χ0v) is 20.8. The van der Waals surface area contributed by atoms with Gasteiger partial charge in [-0.3, -0.25) is 9.10 Å². The van der Waals surface area contributed by atoms with Crippen molar-refractivity contribution in [1.29, 1.82) is 0 Å². The summed E-state index contributed by atoms with van der Waals surface area (Å²) in [6.45, 7) is 2.80. The number of amides is 1. The maximum atomic E-state index is 13.7. The topological polar surface area (TPSA) is 103 Å². The molecule has 1 atom stereocenters. The fourth-order valence-electron chi connectivity index (χ4n) is 4.06. The number of benzene rings is 3. The van der Waals surface area contributed by atoms with Gasteiger partial charge in [-0.15, -0.1) is 0 Å². The minimum atomic E-state index is -4.23. The van der Waals surface area contributed by atoms with Gasteiger partial charge in [0.15, 0.2) is 23.0 Å². The number of rotatable bonds is 7. The first-order valence-electron chi connectivity index (χ1n) is 11.7. The van der Waals surface area contributed by atoms with Crippen LogP contribution >= 0.6 is 0 Å². The lowest BCUT2D eigenvalue weighted by Gasteiger charge is -2.26. The second-order valence-electron chi connectivity index (χ2n) is 8.49. The van der Waals surface area contributed by atoms with Crippen LogP contribution in [0.15, 0.2) is 65.6 Å². The van der Waals surface area contributed by atoms with Crippen LogP contribution in [-0.2, 0) is 14.8 Å². The normalized spacial score (nSPS) is 15.0. The van der Waals surface area contributed by atoms with Crippen LogP contribution in [0.3, 0.4) is 0 Å². The Kier molecular flexibility index (Phi) is 6.79. The summed E-state index contributed by atoms with van der Waals surface area (Å²) in [7, 11) is -4.23. The Morgan fingerprint density at radius 1 is 0.865 bits per heavy atom. The average molecular weight is 529 g/mol. The van der Waals surface area contributed by atoms with Crippen LogP contribution in [-0.4, -0.2) is 47.3 Å². The number of carbonyl (C=O) groups excluding carboxylic acids is 1. The summed E-state index contributed by atoms with van der Waals surface area (Å²) in [4.78, 5) is 13.0. The molecule has 3 aromatic rings. The molecule has 37 heavy (non-hydrogen) atoms. The number of nitrogens with zero attached hydrogens (tertiary/aromatic N) is 1. The van der Waals surface area contributed by atoms with Crippen molar-refractivity contribution < 1.29 is 36.6 Å². The van der Waals surface area contributed by atoms with Crippen LogP contribution in [0, 0.1) is 5.82 Å². The number of hydrogen-bond acceptors (Lipinski definition) is 7. The third-order valence-corrected chi connectivity index (χ3v) is 7.72. The molecule has 9 nitrogen and oxygen atoms in total. The van der Waals surface area contributed by atoms with Crippen LogP contribution in [0.4, 0.5) is 10.1 Å². The average Bonchev–Trinajstić information content (AvgIpc) is 2.91. The van der Waals surface area contributed by atoms with Crippen LogP contribution in [0.2, 0.25) is 0 Å². The van der Waals surface area contributed by atoms with Crippen LogP contribution in [0.5, 0.6) is 23.0 Å². The third kappa shape index (κ3) is 5.26. The summed E-state index contributed by atoms with van der Waals surface area (Å²) in [6.07, 6.45) is 0. The van der Waals surface area contributed by atoms with Crippen molar-refractivity contribution in [1.82, 2.24) is 5.32 Å². The van der Waals surface area contributed by atoms with Crippen molar-refractivity contribution >= 4 is 21.6 Å². The summed E-state index contributed by atoms with van der Waals surface area (Å²) < 4.78 is 64.0. The zero-order valence-electron chi connectivity index (χ0n) is 20.0. The zero-order chi connectivity index (χ0) is 26.0. The molecule has 0 unspecified atom stereocenters. The number of anilines is 1. The summed E-state index contributed by atoms with van der Waals surface area (Å²) in [5.41, 5.74) is 0.902. The first-order valence-corrected chi connectivity index (χ1v) is 13.1. The lowest BCUT2D eigenvalue weighted by atomic mass is 10.1. The van der Waals surface area contributed by atoms with E-state index in [9.17, 15) is 17.6 Å². The van der Waals surface area contributed by atoms with E-state index in [4.69, 9.17) is 18.9 Å². The van der Waals surface area contributed by atoms with Crippen LogP contribution in [0.1, 0.15) is 18.5 Å². The summed E-state index contributed by atoms with van der Waals surface area (Å²) in [5.74, 6) is 0.859. The van der Waals surface area contributed by atoms with Gasteiger partial charge in [-0.05, 0) is 61.0 Å². The molecule has 3 aromatic carbocycles. The van der Waals surface area contributed by atoms with Gasteiger partial charge in [0, 0.05) is 6.07 Å². The number of carbonyl (C=O) groups is 1. The predicted molar refractivity (Wildman–Crippen MR) is 132 cm³/mol. The van der Waals surface area contributed by atoms with Gasteiger partial charge < -0.3 is 24.3 Å². The quantitative estimate of drug-likeness (QED) is 0.501. The summed E-state index contributed by atoms with van der Waals surface area (Å²) in [6, 6.07) is 14.0. The van der Waals surface area contributed by atoms with Gasteiger partial charge in [0.2, 0.25) is 5.91 Å². The molecule has 0 fully saturated rings. The number of sulfonamides is 1. The van der Waals surface area contributed by atoms with Gasteiger partial charge in [0.25, 0.3) is 10.0 Å². The number of halogens is 1. The molecule has 5 rings (SSSR count). The SMILES string of the molecule is C[C@H](NC(=O)CN(c1ccc(F)cc1)S(=O)(=O)c1ccc2c(c1)OCCO2)c1ccc2c(c1)OCCO2. The highest BCUT2D eigenvalue weighted by Crippen LogP contribution is 2.35. The molecule has 0 spiro atoms. The van der Waals surface area contributed by atoms with Gasteiger partial charge in [0.1, 0.15) is 38.8 Å². The Morgan fingerprint density at radius 2 is 1.43 bits per heavy atom. The first-order chi connectivity index (χ1) is 17.8. The van der Waals surface area contributed by atoms with Crippen molar-refractivity contribution in [2.75, 3.05) is 37.3 Å². The minimum Gasteiger partial charge on any atom is -0.486 e. The Balaban J connectivity index is 1.39. The second kappa shape index (κ2) is 10.2. The van der Waals surface area contributed by atoms with Crippen molar-refractivity contribution in [2.24, 2.45) is 0 Å². The maximum Gasteiger partial charge on any atom is 0.264 e. The number of nitrogens with one attached hydrogen (secondary N) is 1. The molecule has 0 aliphatic carbocycles. The van der Waals surface area contributed by atoms with Gasteiger partial charge in [-0.1, -0.05) is 6.07 Å². The summed E-state index contributed by atoms with van der Waals surface area (Å²) in [5, 5.41) is 2.83. The lowest BCUT2D eigenvalue weighted by molar-refractivity contribution is -0.120. The maximum absolute atomic E-state index is 13.7. The Bertz CT molecular complexity index is 1410. The van der Waals surface area contributed by atoms with E-state index in [2.05, 4.69) is 5.32 Å². The molecule has 0 saturated heterocycles.